The first kappa shape index (κ1) is 24.1. The van der Waals surface area contributed by atoms with Crippen molar-refractivity contribution in [3.05, 3.63) is 11.4 Å². The number of rotatable bonds is 9. The summed E-state index contributed by atoms with van der Waals surface area (Å²) >= 11 is 0. The van der Waals surface area contributed by atoms with Gasteiger partial charge in [0.15, 0.2) is 23.0 Å². The molecule has 29 heavy (non-hydrogen) atoms. The van der Waals surface area contributed by atoms with Gasteiger partial charge in [0.25, 0.3) is 11.8 Å². The second-order valence-electron chi connectivity index (χ2n) is 7.14. The molecule has 1 aromatic rings. The largest absolute Gasteiger partial charge is 0.466 e. The number of esters is 1. The minimum atomic E-state index is -0.648. The van der Waals surface area contributed by atoms with Gasteiger partial charge in [0.2, 0.25) is 0 Å². The Labute approximate surface area is 171 Å². The number of hydrogen-bond donors (Lipinski definition) is 4. The first-order valence-electron chi connectivity index (χ1n) is 9.74. The fourth-order valence-corrected chi connectivity index (χ4v) is 2.44. The van der Waals surface area contributed by atoms with E-state index in [1.807, 2.05) is 20.8 Å². The van der Waals surface area contributed by atoms with Crippen LogP contribution < -0.4 is 22.1 Å². The molecule has 1 rings (SSSR count). The Morgan fingerprint density at radius 2 is 1.34 bits per heavy atom. The molecule has 4 unspecified atom stereocenters. The standard InChI is InChI=1S/C19H32N6O4/c1-7-9(3)11(5)22-17(26)13-15(20)25-14(16(21)24-13)18(27)23-12(6)10(4)19(28)29-8-2/h9-12H,7-8H2,1-6H3,(H2,20,25)(H2,21,24)(H,22,26)(H,23,27). The van der Waals surface area contributed by atoms with Crippen LogP contribution in [0.5, 0.6) is 0 Å². The van der Waals surface area contributed by atoms with E-state index in [4.69, 9.17) is 16.2 Å². The zero-order chi connectivity index (χ0) is 22.3. The molecule has 10 nitrogen and oxygen atoms in total. The summed E-state index contributed by atoms with van der Waals surface area (Å²) < 4.78 is 4.95. The number of amides is 2. The number of nitrogens with two attached hydrogens (primary N) is 2. The second kappa shape index (κ2) is 10.6. The van der Waals surface area contributed by atoms with E-state index >= 15 is 0 Å². The molecule has 10 heteroatoms. The van der Waals surface area contributed by atoms with E-state index in [9.17, 15) is 14.4 Å². The molecule has 162 valence electrons. The number of nitrogens with one attached hydrogen (secondary N) is 2. The van der Waals surface area contributed by atoms with E-state index in [-0.39, 0.29) is 41.6 Å². The Morgan fingerprint density at radius 1 is 0.897 bits per heavy atom. The molecule has 0 aliphatic carbocycles. The molecule has 4 atom stereocenters. The summed E-state index contributed by atoms with van der Waals surface area (Å²) in [5, 5.41) is 5.43. The Hall–Kier alpha value is -2.91. The predicted octanol–water partition coefficient (Wildman–Crippen LogP) is 1.12. The van der Waals surface area contributed by atoms with Crippen LogP contribution in [0.3, 0.4) is 0 Å². The molecule has 0 fully saturated rings. The highest BCUT2D eigenvalue weighted by atomic mass is 16.5. The van der Waals surface area contributed by atoms with Crippen molar-refractivity contribution >= 4 is 29.4 Å². The van der Waals surface area contributed by atoms with Gasteiger partial charge in [0.05, 0.1) is 12.5 Å². The maximum absolute atomic E-state index is 12.5. The quantitative estimate of drug-likeness (QED) is 0.442. The molecule has 1 aromatic heterocycles. The molecule has 0 aliphatic heterocycles. The zero-order valence-corrected chi connectivity index (χ0v) is 17.9. The van der Waals surface area contributed by atoms with Crippen molar-refractivity contribution in [2.75, 3.05) is 18.1 Å². The number of carbonyl (C=O) groups excluding carboxylic acids is 3. The Bertz CT molecular complexity index is 754. The average Bonchev–Trinajstić information content (AvgIpc) is 2.67. The van der Waals surface area contributed by atoms with Crippen molar-refractivity contribution in [3.63, 3.8) is 0 Å². The first-order valence-corrected chi connectivity index (χ1v) is 9.74. The maximum Gasteiger partial charge on any atom is 0.310 e. The van der Waals surface area contributed by atoms with Crippen LogP contribution in [0.15, 0.2) is 0 Å². The van der Waals surface area contributed by atoms with Crippen LogP contribution in [0.4, 0.5) is 11.6 Å². The highest BCUT2D eigenvalue weighted by molar-refractivity contribution is 6.01. The summed E-state index contributed by atoms with van der Waals surface area (Å²) in [5.74, 6) is -2.33. The smallest absolute Gasteiger partial charge is 0.310 e. The molecule has 2 amide bonds. The van der Waals surface area contributed by atoms with Gasteiger partial charge in [-0.15, -0.1) is 0 Å². The average molecular weight is 409 g/mol. The summed E-state index contributed by atoms with van der Waals surface area (Å²) in [6, 6.07) is -0.633. The third kappa shape index (κ3) is 6.30. The van der Waals surface area contributed by atoms with Crippen LogP contribution in [0.2, 0.25) is 0 Å². The number of nitrogens with zero attached hydrogens (tertiary/aromatic N) is 2. The van der Waals surface area contributed by atoms with E-state index in [0.717, 1.165) is 6.42 Å². The summed E-state index contributed by atoms with van der Waals surface area (Å²) in [6.07, 6.45) is 0.895. The lowest BCUT2D eigenvalue weighted by atomic mass is 10.0. The van der Waals surface area contributed by atoms with Gasteiger partial charge in [-0.05, 0) is 33.6 Å². The van der Waals surface area contributed by atoms with E-state index in [2.05, 4.69) is 20.6 Å². The molecule has 0 saturated heterocycles. The summed E-state index contributed by atoms with van der Waals surface area (Å²) in [7, 11) is 0. The van der Waals surface area contributed by atoms with Crippen LogP contribution in [-0.4, -0.2) is 46.4 Å². The van der Waals surface area contributed by atoms with E-state index in [1.54, 1.807) is 20.8 Å². The van der Waals surface area contributed by atoms with Gasteiger partial charge >= 0.3 is 5.97 Å². The van der Waals surface area contributed by atoms with Gasteiger partial charge in [-0.25, -0.2) is 9.97 Å². The SMILES string of the molecule is CCOC(=O)C(C)C(C)NC(=O)c1nc(N)c(C(=O)NC(C)C(C)CC)nc1N. The van der Waals surface area contributed by atoms with Crippen molar-refractivity contribution in [2.45, 2.75) is 60.0 Å². The van der Waals surface area contributed by atoms with E-state index in [0.29, 0.717) is 0 Å². The van der Waals surface area contributed by atoms with Gasteiger partial charge in [-0.2, -0.15) is 0 Å². The van der Waals surface area contributed by atoms with Crippen LogP contribution in [-0.2, 0) is 9.53 Å². The van der Waals surface area contributed by atoms with E-state index in [1.165, 1.54) is 0 Å². The first-order chi connectivity index (χ1) is 13.5. The van der Waals surface area contributed by atoms with Crippen LogP contribution in [0, 0.1) is 11.8 Å². The zero-order valence-electron chi connectivity index (χ0n) is 17.9. The molecule has 0 aromatic carbocycles. The van der Waals surface area contributed by atoms with Crippen LogP contribution in [0.25, 0.3) is 0 Å². The van der Waals surface area contributed by atoms with Crippen molar-refractivity contribution in [2.24, 2.45) is 11.8 Å². The number of hydrogen-bond acceptors (Lipinski definition) is 8. The fraction of sp³-hybridized carbons (Fsp3) is 0.632. The number of aromatic nitrogens is 2. The Balaban J connectivity index is 2.95. The highest BCUT2D eigenvalue weighted by Gasteiger charge is 2.26. The van der Waals surface area contributed by atoms with Crippen LogP contribution >= 0.6 is 0 Å². The molecular weight excluding hydrogens is 376 g/mol. The molecule has 0 radical (unpaired) electrons. The molecule has 0 spiro atoms. The molecule has 0 saturated carbocycles. The molecule has 6 N–H and O–H groups in total. The van der Waals surface area contributed by atoms with Gasteiger partial charge in [-0.3, -0.25) is 14.4 Å². The number of carbonyl (C=O) groups is 3. The number of nitrogen functional groups attached to an aromatic ring is 2. The van der Waals surface area contributed by atoms with Gasteiger partial charge in [0.1, 0.15) is 0 Å². The van der Waals surface area contributed by atoms with Crippen LogP contribution in [0.1, 0.15) is 68.9 Å². The van der Waals surface area contributed by atoms with Crippen molar-refractivity contribution in [1.29, 1.82) is 0 Å². The summed E-state index contributed by atoms with van der Waals surface area (Å²) in [6.45, 7) is 11.2. The fourth-order valence-electron chi connectivity index (χ4n) is 2.44. The van der Waals surface area contributed by atoms with E-state index < -0.39 is 29.7 Å². The van der Waals surface area contributed by atoms with Crippen molar-refractivity contribution in [1.82, 2.24) is 20.6 Å². The number of anilines is 2. The molecular formula is C19H32N6O4. The number of ether oxygens (including phenoxy) is 1. The lowest BCUT2D eigenvalue weighted by Crippen LogP contribution is -2.41. The summed E-state index contributed by atoms with van der Waals surface area (Å²) in [4.78, 5) is 44.7. The van der Waals surface area contributed by atoms with Gasteiger partial charge in [0, 0.05) is 12.1 Å². The minimum absolute atomic E-state index is 0.0943. The Kier molecular flexibility index (Phi) is 8.81. The summed E-state index contributed by atoms with van der Waals surface area (Å²) in [5.41, 5.74) is 11.3. The Morgan fingerprint density at radius 3 is 1.76 bits per heavy atom. The van der Waals surface area contributed by atoms with Crippen molar-refractivity contribution in [3.8, 4) is 0 Å². The maximum atomic E-state index is 12.5. The predicted molar refractivity (Wildman–Crippen MR) is 110 cm³/mol. The lowest BCUT2D eigenvalue weighted by Gasteiger charge is -2.21. The monoisotopic (exact) mass is 408 g/mol. The molecule has 1 heterocycles. The van der Waals surface area contributed by atoms with Gasteiger partial charge < -0.3 is 26.8 Å². The normalized spacial score (nSPS) is 15.0. The molecule has 0 aliphatic rings. The molecule has 0 bridgehead atoms. The highest BCUT2D eigenvalue weighted by Crippen LogP contribution is 2.15. The minimum Gasteiger partial charge on any atom is -0.466 e. The third-order valence-electron chi connectivity index (χ3n) is 5.00. The van der Waals surface area contributed by atoms with Crippen molar-refractivity contribution < 1.29 is 19.1 Å². The lowest BCUT2D eigenvalue weighted by molar-refractivity contribution is -0.148. The second-order valence-corrected chi connectivity index (χ2v) is 7.14. The third-order valence-corrected chi connectivity index (χ3v) is 5.00. The topological polar surface area (TPSA) is 162 Å². The van der Waals surface area contributed by atoms with Gasteiger partial charge in [-0.1, -0.05) is 20.3 Å².